The standard InChI is InChI=1S/C13H11F3N4O/c1-2-10(21)19-11(12-17-7-18-20-12)8-4-3-5-9(6-8)13(14,15)16/h2-7,11H,1H2,(H,19,21)(H,17,18,20). The average molecular weight is 296 g/mol. The number of hydrogen-bond donors (Lipinski definition) is 2. The van der Waals surface area contributed by atoms with Crippen LogP contribution in [0, 0.1) is 0 Å². The predicted molar refractivity (Wildman–Crippen MR) is 68.0 cm³/mol. The molecule has 0 aliphatic carbocycles. The molecule has 0 fully saturated rings. The van der Waals surface area contributed by atoms with Gasteiger partial charge in [-0.15, -0.1) is 0 Å². The molecule has 0 aliphatic rings. The van der Waals surface area contributed by atoms with Crippen LogP contribution in [0.5, 0.6) is 0 Å². The summed E-state index contributed by atoms with van der Waals surface area (Å²) in [4.78, 5) is 15.3. The van der Waals surface area contributed by atoms with Crippen LogP contribution in [0.15, 0.2) is 43.2 Å². The molecule has 0 bridgehead atoms. The van der Waals surface area contributed by atoms with Crippen molar-refractivity contribution in [1.29, 1.82) is 0 Å². The van der Waals surface area contributed by atoms with Gasteiger partial charge in [-0.3, -0.25) is 9.89 Å². The lowest BCUT2D eigenvalue weighted by Crippen LogP contribution is -2.28. The van der Waals surface area contributed by atoms with Crippen LogP contribution in [0.1, 0.15) is 23.0 Å². The van der Waals surface area contributed by atoms with Crippen molar-refractivity contribution in [2.75, 3.05) is 0 Å². The number of nitrogens with one attached hydrogen (secondary N) is 2. The van der Waals surface area contributed by atoms with E-state index in [1.807, 2.05) is 0 Å². The van der Waals surface area contributed by atoms with E-state index in [4.69, 9.17) is 0 Å². The number of alkyl halides is 3. The number of aromatic amines is 1. The van der Waals surface area contributed by atoms with E-state index in [1.54, 1.807) is 0 Å². The van der Waals surface area contributed by atoms with Crippen LogP contribution in [0.4, 0.5) is 13.2 Å². The monoisotopic (exact) mass is 296 g/mol. The van der Waals surface area contributed by atoms with Gasteiger partial charge < -0.3 is 5.32 Å². The molecule has 0 saturated heterocycles. The molecule has 0 spiro atoms. The minimum absolute atomic E-state index is 0.226. The Bertz CT molecular complexity index is 637. The van der Waals surface area contributed by atoms with E-state index in [-0.39, 0.29) is 11.4 Å². The molecular formula is C13H11F3N4O. The van der Waals surface area contributed by atoms with E-state index in [1.165, 1.54) is 18.5 Å². The zero-order chi connectivity index (χ0) is 15.5. The van der Waals surface area contributed by atoms with Crippen molar-refractivity contribution in [1.82, 2.24) is 20.5 Å². The second kappa shape index (κ2) is 5.78. The molecule has 110 valence electrons. The molecule has 1 aromatic heterocycles. The van der Waals surface area contributed by atoms with Crippen LogP contribution in [-0.2, 0) is 11.0 Å². The van der Waals surface area contributed by atoms with Crippen molar-refractivity contribution < 1.29 is 18.0 Å². The molecular weight excluding hydrogens is 285 g/mol. The fraction of sp³-hybridized carbons (Fsp3) is 0.154. The Labute approximate surface area is 117 Å². The third kappa shape index (κ3) is 3.47. The van der Waals surface area contributed by atoms with Gasteiger partial charge in [0.1, 0.15) is 12.4 Å². The fourth-order valence-electron chi connectivity index (χ4n) is 1.76. The summed E-state index contributed by atoms with van der Waals surface area (Å²) in [7, 11) is 0. The maximum Gasteiger partial charge on any atom is 0.416 e. The molecule has 0 aliphatic heterocycles. The molecule has 2 aromatic rings. The first-order valence-corrected chi connectivity index (χ1v) is 5.87. The predicted octanol–water partition coefficient (Wildman–Crippen LogP) is 2.22. The molecule has 1 heterocycles. The smallest absolute Gasteiger partial charge is 0.338 e. The molecule has 1 atom stereocenters. The number of halogens is 3. The van der Waals surface area contributed by atoms with Crippen molar-refractivity contribution >= 4 is 5.91 Å². The normalized spacial score (nSPS) is 12.7. The van der Waals surface area contributed by atoms with Gasteiger partial charge in [0.2, 0.25) is 5.91 Å². The van der Waals surface area contributed by atoms with Crippen molar-refractivity contribution in [3.63, 3.8) is 0 Å². The first-order chi connectivity index (χ1) is 9.91. The number of amides is 1. The number of carbonyl (C=O) groups excluding carboxylic acids is 1. The molecule has 8 heteroatoms. The Morgan fingerprint density at radius 1 is 1.43 bits per heavy atom. The number of hydrogen-bond acceptors (Lipinski definition) is 3. The third-order valence-electron chi connectivity index (χ3n) is 2.73. The lowest BCUT2D eigenvalue weighted by atomic mass is 10.0. The molecule has 1 aromatic carbocycles. The zero-order valence-electron chi connectivity index (χ0n) is 10.7. The van der Waals surface area contributed by atoms with Crippen LogP contribution in [0.25, 0.3) is 0 Å². The average Bonchev–Trinajstić information content (AvgIpc) is 2.97. The van der Waals surface area contributed by atoms with E-state index < -0.39 is 23.7 Å². The Balaban J connectivity index is 2.42. The Morgan fingerprint density at radius 3 is 2.76 bits per heavy atom. The molecule has 0 saturated carbocycles. The number of benzene rings is 1. The maximum atomic E-state index is 12.8. The SMILES string of the molecule is C=CC(=O)NC(c1cccc(C(F)(F)F)c1)c1ncn[nH]1. The van der Waals surface area contributed by atoms with Gasteiger partial charge in [-0.25, -0.2) is 4.98 Å². The highest BCUT2D eigenvalue weighted by atomic mass is 19.4. The molecule has 21 heavy (non-hydrogen) atoms. The van der Waals surface area contributed by atoms with Gasteiger partial charge in [0.15, 0.2) is 5.82 Å². The molecule has 2 rings (SSSR count). The van der Waals surface area contributed by atoms with Crippen molar-refractivity contribution in [3.05, 3.63) is 60.2 Å². The highest BCUT2D eigenvalue weighted by Crippen LogP contribution is 2.31. The minimum Gasteiger partial charge on any atom is -0.338 e. The van der Waals surface area contributed by atoms with Crippen molar-refractivity contribution in [2.45, 2.75) is 12.2 Å². The summed E-state index contributed by atoms with van der Waals surface area (Å²) >= 11 is 0. The number of nitrogens with zero attached hydrogens (tertiary/aromatic N) is 2. The van der Waals surface area contributed by atoms with E-state index in [0.29, 0.717) is 0 Å². The molecule has 0 radical (unpaired) electrons. The second-order valence-corrected chi connectivity index (χ2v) is 4.14. The van der Waals surface area contributed by atoms with Gasteiger partial charge in [-0.2, -0.15) is 18.3 Å². The summed E-state index contributed by atoms with van der Waals surface area (Å²) in [6.07, 6.45) is -2.24. The van der Waals surface area contributed by atoms with Gasteiger partial charge in [-0.05, 0) is 23.8 Å². The number of rotatable bonds is 4. The Morgan fingerprint density at radius 2 is 2.19 bits per heavy atom. The quantitative estimate of drug-likeness (QED) is 0.850. The number of aromatic nitrogens is 3. The first kappa shape index (κ1) is 14.8. The zero-order valence-corrected chi connectivity index (χ0v) is 10.7. The summed E-state index contributed by atoms with van der Waals surface area (Å²) in [6.45, 7) is 3.31. The second-order valence-electron chi connectivity index (χ2n) is 4.14. The van der Waals surface area contributed by atoms with Crippen LogP contribution < -0.4 is 5.32 Å². The van der Waals surface area contributed by atoms with Gasteiger partial charge in [0.05, 0.1) is 5.56 Å². The largest absolute Gasteiger partial charge is 0.416 e. The highest BCUT2D eigenvalue weighted by molar-refractivity contribution is 5.87. The fourth-order valence-corrected chi connectivity index (χ4v) is 1.76. The van der Waals surface area contributed by atoms with Crippen molar-refractivity contribution in [3.8, 4) is 0 Å². The van der Waals surface area contributed by atoms with Gasteiger partial charge in [0, 0.05) is 0 Å². The van der Waals surface area contributed by atoms with Crippen molar-refractivity contribution in [2.24, 2.45) is 0 Å². The number of carbonyl (C=O) groups is 1. The summed E-state index contributed by atoms with van der Waals surface area (Å²) < 4.78 is 38.3. The molecule has 5 nitrogen and oxygen atoms in total. The Kier molecular flexibility index (Phi) is 4.06. The lowest BCUT2D eigenvalue weighted by molar-refractivity contribution is -0.137. The maximum absolute atomic E-state index is 12.8. The molecule has 2 N–H and O–H groups in total. The third-order valence-corrected chi connectivity index (χ3v) is 2.73. The van der Waals surface area contributed by atoms with Crippen LogP contribution in [0.2, 0.25) is 0 Å². The summed E-state index contributed by atoms with van der Waals surface area (Å²) in [6, 6.07) is 3.76. The molecule has 1 unspecified atom stereocenters. The van der Waals surface area contributed by atoms with Gasteiger partial charge >= 0.3 is 6.18 Å². The van der Waals surface area contributed by atoms with E-state index in [0.717, 1.165) is 18.2 Å². The van der Waals surface area contributed by atoms with Gasteiger partial charge in [0.25, 0.3) is 0 Å². The Hall–Kier alpha value is -2.64. The minimum atomic E-state index is -4.47. The van der Waals surface area contributed by atoms with E-state index in [2.05, 4.69) is 27.1 Å². The summed E-state index contributed by atoms with van der Waals surface area (Å²) in [5, 5.41) is 8.68. The van der Waals surface area contributed by atoms with E-state index in [9.17, 15) is 18.0 Å². The van der Waals surface area contributed by atoms with Gasteiger partial charge in [-0.1, -0.05) is 18.7 Å². The van der Waals surface area contributed by atoms with E-state index >= 15 is 0 Å². The molecule has 1 amide bonds. The number of H-pyrrole nitrogens is 1. The highest BCUT2D eigenvalue weighted by Gasteiger charge is 2.31. The topological polar surface area (TPSA) is 70.7 Å². The summed E-state index contributed by atoms with van der Waals surface area (Å²) in [5.41, 5.74) is -0.575. The van der Waals surface area contributed by atoms with Crippen LogP contribution >= 0.6 is 0 Å². The first-order valence-electron chi connectivity index (χ1n) is 5.87. The van der Waals surface area contributed by atoms with Crippen LogP contribution in [-0.4, -0.2) is 21.1 Å². The summed E-state index contributed by atoms with van der Waals surface area (Å²) in [5.74, 6) is -0.307. The lowest BCUT2D eigenvalue weighted by Gasteiger charge is -2.17. The van der Waals surface area contributed by atoms with Crippen LogP contribution in [0.3, 0.4) is 0 Å².